The van der Waals surface area contributed by atoms with E-state index in [0.717, 1.165) is 11.1 Å². The fraction of sp³-hybridized carbons (Fsp3) is 0.636. The Balaban J connectivity index is 2.82. The number of hydrogen-bond acceptors (Lipinski definition) is 4. The molecular formula is C11H17FN2O4. The summed E-state index contributed by atoms with van der Waals surface area (Å²) in [6.07, 6.45) is 1.47. The van der Waals surface area contributed by atoms with Crippen LogP contribution in [0.4, 0.5) is 9.18 Å². The van der Waals surface area contributed by atoms with E-state index >= 15 is 0 Å². The minimum absolute atomic E-state index is 0.190. The van der Waals surface area contributed by atoms with Gasteiger partial charge in [0.15, 0.2) is 0 Å². The summed E-state index contributed by atoms with van der Waals surface area (Å²) in [7, 11) is 0. The summed E-state index contributed by atoms with van der Waals surface area (Å²) in [5, 5.41) is 11.1. The summed E-state index contributed by atoms with van der Waals surface area (Å²) >= 11 is 0. The van der Waals surface area contributed by atoms with Crippen molar-refractivity contribution >= 4 is 12.4 Å². The van der Waals surface area contributed by atoms with Gasteiger partial charge in [-0.3, -0.25) is 15.0 Å². The molecule has 0 saturated carbocycles. The van der Waals surface area contributed by atoms with E-state index in [1.807, 2.05) is 5.32 Å². The number of halogens is 1. The van der Waals surface area contributed by atoms with E-state index in [0.29, 0.717) is 12.8 Å². The third-order valence-corrected chi connectivity index (χ3v) is 2.72. The second-order valence-electron chi connectivity index (χ2n) is 4.41. The van der Waals surface area contributed by atoms with Gasteiger partial charge in [-0.1, -0.05) is 0 Å². The van der Waals surface area contributed by atoms with Crippen molar-refractivity contribution in [2.45, 2.75) is 38.5 Å². The molecule has 0 spiro atoms. The summed E-state index contributed by atoms with van der Waals surface area (Å²) in [6.45, 7) is 2.70. The lowest BCUT2D eigenvalue weighted by molar-refractivity contribution is -0.109. The van der Waals surface area contributed by atoms with Crippen LogP contribution in [0.1, 0.15) is 26.7 Å². The first-order valence-corrected chi connectivity index (χ1v) is 5.57. The summed E-state index contributed by atoms with van der Waals surface area (Å²) in [6, 6.07) is -0.769. The number of allylic oxidation sites excluding steroid dienone is 1. The van der Waals surface area contributed by atoms with Gasteiger partial charge >= 0.3 is 6.03 Å². The Morgan fingerprint density at radius 2 is 2.39 bits per heavy atom. The Kier molecular flexibility index (Phi) is 4.80. The fourth-order valence-electron chi connectivity index (χ4n) is 1.78. The molecule has 2 N–H and O–H groups in total. The van der Waals surface area contributed by atoms with Gasteiger partial charge in [-0.2, -0.15) is 0 Å². The predicted octanol–water partition coefficient (Wildman–Crippen LogP) is 0.873. The van der Waals surface area contributed by atoms with Crippen molar-refractivity contribution in [3.05, 3.63) is 12.0 Å². The molecule has 1 aliphatic rings. The number of amides is 3. The quantitative estimate of drug-likeness (QED) is 0.735. The highest BCUT2D eigenvalue weighted by Gasteiger charge is 2.39. The lowest BCUT2D eigenvalue weighted by Gasteiger charge is -2.27. The normalized spacial score (nSPS) is 28.0. The number of rotatable bonds is 4. The van der Waals surface area contributed by atoms with Gasteiger partial charge in [-0.05, 0) is 26.7 Å². The van der Waals surface area contributed by atoms with Crippen molar-refractivity contribution in [1.82, 2.24) is 10.2 Å². The van der Waals surface area contributed by atoms with Gasteiger partial charge in [0.25, 0.3) is 0 Å². The van der Waals surface area contributed by atoms with Gasteiger partial charge in [0.1, 0.15) is 12.1 Å². The summed E-state index contributed by atoms with van der Waals surface area (Å²) in [5.74, 6) is -0.586. The number of aliphatic hydroxyl groups is 1. The number of nitrogens with one attached hydrogen (secondary N) is 1. The molecule has 102 valence electrons. The molecule has 1 heterocycles. The van der Waals surface area contributed by atoms with E-state index in [-0.39, 0.29) is 13.0 Å². The van der Waals surface area contributed by atoms with Gasteiger partial charge < -0.3 is 9.84 Å². The van der Waals surface area contributed by atoms with E-state index in [1.165, 1.54) is 6.92 Å². The SMILES string of the molecule is C/C(F)=C\N(C(=O)NC=O)C1CCC(C)(CO)O1. The molecule has 7 heteroatoms. The third-order valence-electron chi connectivity index (χ3n) is 2.72. The van der Waals surface area contributed by atoms with Crippen molar-refractivity contribution in [2.75, 3.05) is 6.61 Å². The molecule has 0 aromatic heterocycles. The number of imide groups is 1. The molecular weight excluding hydrogens is 243 g/mol. The van der Waals surface area contributed by atoms with Crippen LogP contribution in [0.5, 0.6) is 0 Å². The topological polar surface area (TPSA) is 78.9 Å². The van der Waals surface area contributed by atoms with Gasteiger partial charge in [0.05, 0.1) is 12.2 Å². The zero-order chi connectivity index (χ0) is 13.8. The molecule has 1 aliphatic heterocycles. The number of aliphatic hydroxyl groups excluding tert-OH is 1. The first-order chi connectivity index (χ1) is 8.41. The number of carbonyl (C=O) groups excluding carboxylic acids is 2. The zero-order valence-corrected chi connectivity index (χ0v) is 10.4. The maximum Gasteiger partial charge on any atom is 0.330 e. The monoisotopic (exact) mass is 260 g/mol. The Labute approximate surface area is 104 Å². The Bertz CT molecular complexity index is 357. The van der Waals surface area contributed by atoms with Crippen LogP contribution in [0.2, 0.25) is 0 Å². The zero-order valence-electron chi connectivity index (χ0n) is 10.4. The van der Waals surface area contributed by atoms with Crippen LogP contribution < -0.4 is 5.32 Å². The van der Waals surface area contributed by atoms with Crippen LogP contribution in [-0.2, 0) is 9.53 Å². The molecule has 1 saturated heterocycles. The number of nitrogens with zero attached hydrogens (tertiary/aromatic N) is 1. The van der Waals surface area contributed by atoms with Crippen molar-refractivity contribution in [1.29, 1.82) is 0 Å². The Morgan fingerprint density at radius 1 is 1.72 bits per heavy atom. The van der Waals surface area contributed by atoms with Crippen LogP contribution in [0.25, 0.3) is 0 Å². The van der Waals surface area contributed by atoms with Crippen LogP contribution >= 0.6 is 0 Å². The third kappa shape index (κ3) is 3.51. The van der Waals surface area contributed by atoms with Gasteiger partial charge in [0.2, 0.25) is 6.41 Å². The van der Waals surface area contributed by atoms with Crippen molar-refractivity contribution < 1.29 is 23.8 Å². The van der Waals surface area contributed by atoms with Crippen LogP contribution in [0.3, 0.4) is 0 Å². The highest BCUT2D eigenvalue weighted by molar-refractivity contribution is 5.85. The average Bonchev–Trinajstić information content (AvgIpc) is 2.69. The largest absolute Gasteiger partial charge is 0.393 e. The molecule has 0 radical (unpaired) electrons. The molecule has 0 aromatic carbocycles. The van der Waals surface area contributed by atoms with E-state index < -0.39 is 23.7 Å². The summed E-state index contributed by atoms with van der Waals surface area (Å²) < 4.78 is 18.4. The molecule has 2 atom stereocenters. The Morgan fingerprint density at radius 3 is 2.83 bits per heavy atom. The summed E-state index contributed by atoms with van der Waals surface area (Å²) in [5.41, 5.74) is -0.748. The second kappa shape index (κ2) is 5.92. The molecule has 0 bridgehead atoms. The standard InChI is InChI=1S/C11H17FN2O4/c1-8(12)5-14(10(17)13-7-16)9-3-4-11(2,6-15)18-9/h5,7,9,15H,3-4,6H2,1-2H3,(H,13,16,17)/b8-5+. The van der Waals surface area contributed by atoms with Crippen LogP contribution in [-0.4, -0.2) is 40.9 Å². The van der Waals surface area contributed by atoms with Crippen LogP contribution in [0, 0.1) is 0 Å². The van der Waals surface area contributed by atoms with Crippen molar-refractivity contribution in [3.8, 4) is 0 Å². The lowest BCUT2D eigenvalue weighted by Crippen LogP contribution is -2.44. The number of carbonyl (C=O) groups is 2. The molecule has 3 amide bonds. The highest BCUT2D eigenvalue weighted by atomic mass is 19.1. The summed E-state index contributed by atoms with van der Waals surface area (Å²) in [4.78, 5) is 22.8. The minimum atomic E-state index is -0.769. The maximum atomic E-state index is 12.9. The van der Waals surface area contributed by atoms with E-state index in [2.05, 4.69) is 0 Å². The van der Waals surface area contributed by atoms with Crippen molar-refractivity contribution in [2.24, 2.45) is 0 Å². The highest BCUT2D eigenvalue weighted by Crippen LogP contribution is 2.31. The van der Waals surface area contributed by atoms with E-state index in [9.17, 15) is 14.0 Å². The van der Waals surface area contributed by atoms with Gasteiger partial charge in [-0.15, -0.1) is 0 Å². The van der Waals surface area contributed by atoms with E-state index in [1.54, 1.807) is 6.92 Å². The molecule has 1 rings (SSSR count). The lowest BCUT2D eigenvalue weighted by atomic mass is 10.0. The van der Waals surface area contributed by atoms with Gasteiger partial charge in [0, 0.05) is 6.20 Å². The number of urea groups is 1. The smallest absolute Gasteiger partial charge is 0.330 e. The van der Waals surface area contributed by atoms with Crippen LogP contribution in [0.15, 0.2) is 12.0 Å². The number of hydrogen-bond donors (Lipinski definition) is 2. The molecule has 0 aliphatic carbocycles. The molecule has 18 heavy (non-hydrogen) atoms. The second-order valence-corrected chi connectivity index (χ2v) is 4.41. The molecule has 2 unspecified atom stereocenters. The number of ether oxygens (including phenoxy) is 1. The molecule has 0 aromatic rings. The maximum absolute atomic E-state index is 12.9. The first kappa shape index (κ1) is 14.6. The van der Waals surface area contributed by atoms with Crippen molar-refractivity contribution in [3.63, 3.8) is 0 Å². The fourth-order valence-corrected chi connectivity index (χ4v) is 1.78. The first-order valence-electron chi connectivity index (χ1n) is 5.57. The van der Waals surface area contributed by atoms with E-state index in [4.69, 9.17) is 9.84 Å². The molecule has 6 nitrogen and oxygen atoms in total. The minimum Gasteiger partial charge on any atom is -0.393 e. The average molecular weight is 260 g/mol. The Hall–Kier alpha value is -1.47. The predicted molar refractivity (Wildman–Crippen MR) is 60.9 cm³/mol. The molecule has 1 fully saturated rings. The van der Waals surface area contributed by atoms with Gasteiger partial charge in [-0.25, -0.2) is 9.18 Å².